The number of nitrogens with one attached hydrogen (secondary N) is 1. The first-order chi connectivity index (χ1) is 17.4. The Morgan fingerprint density at radius 3 is 2.61 bits per heavy atom. The lowest BCUT2D eigenvalue weighted by atomic mass is 10.1. The third-order valence-corrected chi connectivity index (χ3v) is 7.32. The zero-order valence-corrected chi connectivity index (χ0v) is 21.5. The number of furan rings is 1. The Balaban J connectivity index is 1.68. The molecule has 0 spiro atoms. The second-order valence-electron chi connectivity index (χ2n) is 7.71. The molecular formula is C26H21Cl2N3O4S. The minimum Gasteiger partial charge on any atom is -0.494 e. The van der Waals surface area contributed by atoms with Gasteiger partial charge in [-0.05, 0) is 67.4 Å². The third-order valence-electron chi connectivity index (χ3n) is 5.32. The molecule has 0 aliphatic carbocycles. The van der Waals surface area contributed by atoms with E-state index in [1.165, 1.54) is 22.9 Å². The molecule has 1 N–H and O–H groups in total. The summed E-state index contributed by atoms with van der Waals surface area (Å²) in [5, 5.41) is 13.1. The molecule has 2 amide bonds. The fraction of sp³-hybridized carbons (Fsp3) is 0.192. The maximum absolute atomic E-state index is 13.6. The average molecular weight is 542 g/mol. The fourth-order valence-electron chi connectivity index (χ4n) is 3.63. The van der Waals surface area contributed by atoms with E-state index < -0.39 is 11.2 Å². The van der Waals surface area contributed by atoms with E-state index in [2.05, 4.69) is 5.32 Å². The molecule has 4 rings (SSSR count). The average Bonchev–Trinajstić information content (AvgIpc) is 3.50. The number of carbonyl (C=O) groups excluding carboxylic acids is 2. The molecule has 7 nitrogen and oxygen atoms in total. The Labute approximate surface area is 222 Å². The first-order valence-corrected chi connectivity index (χ1v) is 12.7. The molecule has 36 heavy (non-hydrogen) atoms. The van der Waals surface area contributed by atoms with Crippen molar-refractivity contribution in [1.82, 2.24) is 5.32 Å². The number of anilines is 1. The predicted molar refractivity (Wildman–Crippen MR) is 140 cm³/mol. The maximum atomic E-state index is 13.6. The van der Waals surface area contributed by atoms with E-state index >= 15 is 0 Å². The number of ether oxygens (including phenoxy) is 1. The molecule has 1 fully saturated rings. The van der Waals surface area contributed by atoms with Crippen LogP contribution in [0, 0.1) is 11.3 Å². The number of halogens is 2. The van der Waals surface area contributed by atoms with Crippen molar-refractivity contribution in [3.8, 4) is 11.8 Å². The summed E-state index contributed by atoms with van der Waals surface area (Å²) in [5.41, 5.74) is 1.17. The summed E-state index contributed by atoms with van der Waals surface area (Å²) in [5.74, 6) is 0.337. The largest absolute Gasteiger partial charge is 0.494 e. The van der Waals surface area contributed by atoms with Gasteiger partial charge in [0.25, 0.3) is 5.91 Å². The number of hydrogen-bond donors (Lipinski definition) is 1. The molecule has 0 radical (unpaired) electrons. The number of hydrogen-bond acceptors (Lipinski definition) is 6. The van der Waals surface area contributed by atoms with Crippen LogP contribution < -0.4 is 15.0 Å². The zero-order valence-electron chi connectivity index (χ0n) is 19.2. The highest BCUT2D eigenvalue weighted by Crippen LogP contribution is 2.42. The standard InChI is InChI=1S/C26H21Cl2N3O4S/c1-2-34-18-8-6-17(7-9-18)31-25(33)23(13-16-5-10-21(27)22(28)12-16)36-26(31)20(14-29)24(32)30-15-19-4-3-11-35-19/h3-12,23H,2,13,15H2,1H3,(H,30,32)/b26-20-. The predicted octanol–water partition coefficient (Wildman–Crippen LogP) is 5.73. The van der Waals surface area contributed by atoms with Crippen molar-refractivity contribution in [1.29, 1.82) is 5.26 Å². The lowest BCUT2D eigenvalue weighted by Crippen LogP contribution is -2.32. The van der Waals surface area contributed by atoms with Gasteiger partial charge in [-0.25, -0.2) is 0 Å². The van der Waals surface area contributed by atoms with Crippen molar-refractivity contribution < 1.29 is 18.7 Å². The Morgan fingerprint density at radius 2 is 1.97 bits per heavy atom. The Bertz CT molecular complexity index is 1330. The minimum atomic E-state index is -0.602. The number of benzene rings is 2. The van der Waals surface area contributed by atoms with Gasteiger partial charge >= 0.3 is 0 Å². The Kier molecular flexibility index (Phi) is 8.26. The first kappa shape index (κ1) is 25.7. The van der Waals surface area contributed by atoms with Crippen molar-refractivity contribution >= 4 is 52.5 Å². The van der Waals surface area contributed by atoms with Crippen LogP contribution in [0.2, 0.25) is 10.0 Å². The van der Waals surface area contributed by atoms with Crippen molar-refractivity contribution in [2.75, 3.05) is 11.5 Å². The number of nitriles is 1. The quantitative estimate of drug-likeness (QED) is 0.289. The molecule has 1 aromatic heterocycles. The van der Waals surface area contributed by atoms with Crippen LogP contribution in [0.5, 0.6) is 5.75 Å². The van der Waals surface area contributed by atoms with Gasteiger partial charge in [0, 0.05) is 5.69 Å². The van der Waals surface area contributed by atoms with E-state index in [9.17, 15) is 14.9 Å². The highest BCUT2D eigenvalue weighted by molar-refractivity contribution is 8.05. The van der Waals surface area contributed by atoms with Gasteiger partial charge < -0.3 is 14.5 Å². The van der Waals surface area contributed by atoms with Crippen LogP contribution in [0.3, 0.4) is 0 Å². The molecule has 1 saturated heterocycles. The lowest BCUT2D eigenvalue weighted by molar-refractivity contribution is -0.117. The molecule has 10 heteroatoms. The lowest BCUT2D eigenvalue weighted by Gasteiger charge is -2.19. The summed E-state index contributed by atoms with van der Waals surface area (Å²) in [4.78, 5) is 28.0. The van der Waals surface area contributed by atoms with Crippen LogP contribution in [-0.4, -0.2) is 23.7 Å². The molecular weight excluding hydrogens is 521 g/mol. The maximum Gasteiger partial charge on any atom is 0.265 e. The van der Waals surface area contributed by atoms with Gasteiger partial charge in [-0.15, -0.1) is 0 Å². The van der Waals surface area contributed by atoms with Crippen molar-refractivity contribution in [3.05, 3.63) is 92.8 Å². The summed E-state index contributed by atoms with van der Waals surface area (Å²) in [6.45, 7) is 2.49. The highest BCUT2D eigenvalue weighted by atomic mass is 35.5. The molecule has 1 aliphatic heterocycles. The summed E-state index contributed by atoms with van der Waals surface area (Å²) < 4.78 is 10.8. The number of nitrogens with zero attached hydrogens (tertiary/aromatic N) is 2. The Hall–Kier alpha value is -3.38. The monoisotopic (exact) mass is 541 g/mol. The zero-order chi connectivity index (χ0) is 25.7. The molecule has 1 atom stereocenters. The number of rotatable bonds is 8. The van der Waals surface area contributed by atoms with E-state index in [1.54, 1.807) is 54.6 Å². The molecule has 2 heterocycles. The molecule has 1 aliphatic rings. The SMILES string of the molecule is CCOc1ccc(N2C(=O)C(Cc3ccc(Cl)c(Cl)c3)S/C2=C(/C#N)C(=O)NCc2ccco2)cc1. The number of thioether (sulfide) groups is 1. The van der Waals surface area contributed by atoms with Gasteiger partial charge in [0.15, 0.2) is 0 Å². The van der Waals surface area contributed by atoms with Gasteiger partial charge in [-0.1, -0.05) is 41.0 Å². The second kappa shape index (κ2) is 11.6. The van der Waals surface area contributed by atoms with Crippen LogP contribution in [-0.2, 0) is 22.6 Å². The summed E-state index contributed by atoms with van der Waals surface area (Å²) in [6.07, 6.45) is 1.84. The normalized spacial score (nSPS) is 16.6. The van der Waals surface area contributed by atoms with E-state index in [1.807, 2.05) is 13.0 Å². The van der Waals surface area contributed by atoms with E-state index in [-0.39, 0.29) is 23.1 Å². The topological polar surface area (TPSA) is 95.6 Å². The molecule has 1 unspecified atom stereocenters. The fourth-order valence-corrected chi connectivity index (χ4v) is 5.26. The molecule has 184 valence electrons. The molecule has 0 saturated carbocycles. The van der Waals surface area contributed by atoms with E-state index in [0.717, 1.165) is 5.56 Å². The van der Waals surface area contributed by atoms with Gasteiger partial charge in [0.05, 0.1) is 34.7 Å². The van der Waals surface area contributed by atoms with Crippen LogP contribution in [0.15, 0.2) is 75.9 Å². The number of amides is 2. The van der Waals surface area contributed by atoms with Crippen molar-refractivity contribution in [3.63, 3.8) is 0 Å². The van der Waals surface area contributed by atoms with Gasteiger partial charge in [0.2, 0.25) is 5.91 Å². The third kappa shape index (κ3) is 5.71. The summed E-state index contributed by atoms with van der Waals surface area (Å²) >= 11 is 13.4. The van der Waals surface area contributed by atoms with Gasteiger partial charge in [-0.3, -0.25) is 14.5 Å². The van der Waals surface area contributed by atoms with Crippen molar-refractivity contribution in [2.24, 2.45) is 0 Å². The van der Waals surface area contributed by atoms with Gasteiger partial charge in [0.1, 0.15) is 28.2 Å². The Morgan fingerprint density at radius 1 is 1.19 bits per heavy atom. The van der Waals surface area contributed by atoms with E-state index in [0.29, 0.717) is 40.3 Å². The van der Waals surface area contributed by atoms with Gasteiger partial charge in [-0.2, -0.15) is 5.26 Å². The highest BCUT2D eigenvalue weighted by Gasteiger charge is 2.40. The van der Waals surface area contributed by atoms with E-state index in [4.69, 9.17) is 32.4 Å². The second-order valence-corrected chi connectivity index (χ2v) is 9.72. The van der Waals surface area contributed by atoms with Crippen LogP contribution in [0.4, 0.5) is 5.69 Å². The van der Waals surface area contributed by atoms with Crippen LogP contribution in [0.1, 0.15) is 18.2 Å². The first-order valence-electron chi connectivity index (χ1n) is 11.0. The summed E-state index contributed by atoms with van der Waals surface area (Å²) in [6, 6.07) is 17.5. The van der Waals surface area contributed by atoms with Crippen LogP contribution >= 0.6 is 35.0 Å². The smallest absolute Gasteiger partial charge is 0.265 e. The van der Waals surface area contributed by atoms with Crippen LogP contribution in [0.25, 0.3) is 0 Å². The molecule has 2 aromatic carbocycles. The molecule has 3 aromatic rings. The summed E-state index contributed by atoms with van der Waals surface area (Å²) in [7, 11) is 0. The minimum absolute atomic E-state index is 0.110. The van der Waals surface area contributed by atoms with Crippen molar-refractivity contribution in [2.45, 2.75) is 25.1 Å². The number of carbonyl (C=O) groups is 2. The molecule has 0 bridgehead atoms.